The highest BCUT2D eigenvalue weighted by Crippen LogP contribution is 2.26. The lowest BCUT2D eigenvalue weighted by Gasteiger charge is -2.27. The van der Waals surface area contributed by atoms with Crippen molar-refractivity contribution in [2.45, 2.75) is 40.2 Å². The molecular weight excluding hydrogens is 238 g/mol. The average Bonchev–Trinajstić information content (AvgIpc) is 2.13. The Balaban J connectivity index is 4.69. The van der Waals surface area contributed by atoms with Gasteiger partial charge in [0.1, 0.15) is 5.92 Å². The van der Waals surface area contributed by atoms with Crippen molar-refractivity contribution in [2.75, 3.05) is 12.0 Å². The molecule has 0 saturated carbocycles. The molecule has 0 aliphatic rings. The fourth-order valence-corrected chi connectivity index (χ4v) is 2.34. The highest BCUT2D eigenvalue weighted by atomic mass is 32.2. The van der Waals surface area contributed by atoms with E-state index in [-0.39, 0.29) is 11.9 Å². The van der Waals surface area contributed by atoms with Crippen molar-refractivity contribution in [3.05, 3.63) is 0 Å². The van der Waals surface area contributed by atoms with Gasteiger partial charge in [-0.2, -0.15) is 11.8 Å². The quantitative estimate of drug-likeness (QED) is 0.718. The standard InChI is InChI=1S/C12H23NO3S/c1-6-8(7-17-5)13-10(14)9(11(15)16)12(2,3)4/h8-9H,6-7H2,1-5H3,(H,13,14)(H,15,16). The molecule has 2 atom stereocenters. The highest BCUT2D eigenvalue weighted by molar-refractivity contribution is 7.98. The maximum absolute atomic E-state index is 12.0. The van der Waals surface area contributed by atoms with E-state index in [0.717, 1.165) is 12.2 Å². The largest absolute Gasteiger partial charge is 0.481 e. The van der Waals surface area contributed by atoms with Gasteiger partial charge in [-0.25, -0.2) is 0 Å². The summed E-state index contributed by atoms with van der Waals surface area (Å²) in [5, 5.41) is 11.9. The summed E-state index contributed by atoms with van der Waals surface area (Å²) < 4.78 is 0. The molecule has 0 rings (SSSR count). The first-order chi connectivity index (χ1) is 7.73. The molecule has 4 nitrogen and oxygen atoms in total. The number of aliphatic carboxylic acids is 1. The molecule has 0 spiro atoms. The number of carboxylic acids is 1. The fraction of sp³-hybridized carbons (Fsp3) is 0.833. The van der Waals surface area contributed by atoms with E-state index in [1.807, 2.05) is 13.2 Å². The summed E-state index contributed by atoms with van der Waals surface area (Å²) in [7, 11) is 0. The van der Waals surface area contributed by atoms with Crippen molar-refractivity contribution in [2.24, 2.45) is 11.3 Å². The highest BCUT2D eigenvalue weighted by Gasteiger charge is 2.38. The number of carbonyl (C=O) groups excluding carboxylic acids is 1. The van der Waals surface area contributed by atoms with Crippen LogP contribution in [0.3, 0.4) is 0 Å². The van der Waals surface area contributed by atoms with Gasteiger partial charge in [0.2, 0.25) is 5.91 Å². The lowest BCUT2D eigenvalue weighted by Crippen LogP contribution is -2.47. The van der Waals surface area contributed by atoms with Gasteiger partial charge in [-0.3, -0.25) is 9.59 Å². The minimum Gasteiger partial charge on any atom is -0.481 e. The Bertz CT molecular complexity index is 273. The van der Waals surface area contributed by atoms with E-state index in [1.54, 1.807) is 32.5 Å². The number of hydrogen-bond acceptors (Lipinski definition) is 3. The number of nitrogens with one attached hydrogen (secondary N) is 1. The van der Waals surface area contributed by atoms with Crippen LogP contribution in [0, 0.1) is 11.3 Å². The SMILES string of the molecule is CCC(CSC)NC(=O)C(C(=O)O)C(C)(C)C. The maximum atomic E-state index is 12.0. The lowest BCUT2D eigenvalue weighted by molar-refractivity contribution is -0.151. The minimum absolute atomic E-state index is 0.0432. The van der Waals surface area contributed by atoms with E-state index in [0.29, 0.717) is 0 Å². The van der Waals surface area contributed by atoms with Gasteiger partial charge in [0.05, 0.1) is 0 Å². The van der Waals surface area contributed by atoms with Gasteiger partial charge >= 0.3 is 5.97 Å². The lowest BCUT2D eigenvalue weighted by atomic mass is 9.80. The van der Waals surface area contributed by atoms with Crippen molar-refractivity contribution < 1.29 is 14.7 Å². The Morgan fingerprint density at radius 2 is 1.88 bits per heavy atom. The van der Waals surface area contributed by atoms with Crippen LogP contribution < -0.4 is 5.32 Å². The summed E-state index contributed by atoms with van der Waals surface area (Å²) >= 11 is 1.64. The van der Waals surface area contributed by atoms with Crippen molar-refractivity contribution >= 4 is 23.6 Å². The summed E-state index contributed by atoms with van der Waals surface area (Å²) in [5.74, 6) is -1.64. The molecule has 17 heavy (non-hydrogen) atoms. The van der Waals surface area contributed by atoms with Crippen LogP contribution in [-0.4, -0.2) is 35.0 Å². The van der Waals surface area contributed by atoms with Gasteiger partial charge in [0.25, 0.3) is 0 Å². The third-order valence-electron chi connectivity index (χ3n) is 2.58. The van der Waals surface area contributed by atoms with Crippen LogP contribution in [0.5, 0.6) is 0 Å². The molecule has 0 radical (unpaired) electrons. The van der Waals surface area contributed by atoms with Crippen molar-refractivity contribution in [3.8, 4) is 0 Å². The Labute approximate surface area is 108 Å². The molecule has 0 aromatic heterocycles. The molecule has 0 saturated heterocycles. The first-order valence-corrected chi connectivity index (χ1v) is 7.15. The number of carbonyl (C=O) groups is 2. The predicted octanol–water partition coefficient (Wildman–Crippen LogP) is 1.99. The monoisotopic (exact) mass is 261 g/mol. The fourth-order valence-electron chi connectivity index (χ4n) is 1.62. The van der Waals surface area contributed by atoms with E-state index < -0.39 is 17.3 Å². The molecule has 0 aliphatic heterocycles. The Morgan fingerprint density at radius 1 is 1.35 bits per heavy atom. The molecule has 2 N–H and O–H groups in total. The van der Waals surface area contributed by atoms with Gasteiger partial charge in [0, 0.05) is 11.8 Å². The summed E-state index contributed by atoms with van der Waals surface area (Å²) in [6, 6.07) is 0.0432. The van der Waals surface area contributed by atoms with Gasteiger partial charge in [-0.05, 0) is 18.1 Å². The second-order valence-electron chi connectivity index (χ2n) is 5.21. The second-order valence-corrected chi connectivity index (χ2v) is 6.12. The van der Waals surface area contributed by atoms with Gasteiger partial charge in [-0.15, -0.1) is 0 Å². The third kappa shape index (κ3) is 5.44. The first-order valence-electron chi connectivity index (χ1n) is 5.76. The van der Waals surface area contributed by atoms with Gasteiger partial charge in [-0.1, -0.05) is 27.7 Å². The number of thioether (sulfide) groups is 1. The van der Waals surface area contributed by atoms with Crippen LogP contribution in [0.2, 0.25) is 0 Å². The van der Waals surface area contributed by atoms with Crippen LogP contribution >= 0.6 is 11.8 Å². The third-order valence-corrected chi connectivity index (χ3v) is 3.32. The van der Waals surface area contributed by atoms with Crippen LogP contribution in [0.4, 0.5) is 0 Å². The van der Waals surface area contributed by atoms with Crippen molar-refractivity contribution in [1.82, 2.24) is 5.32 Å². The summed E-state index contributed by atoms with van der Waals surface area (Å²) in [5.41, 5.74) is -0.576. The van der Waals surface area contributed by atoms with E-state index in [4.69, 9.17) is 5.11 Å². The molecule has 0 heterocycles. The van der Waals surface area contributed by atoms with E-state index in [2.05, 4.69) is 5.32 Å². The zero-order valence-corrected chi connectivity index (χ0v) is 12.1. The topological polar surface area (TPSA) is 66.4 Å². The average molecular weight is 261 g/mol. The molecule has 5 heteroatoms. The summed E-state index contributed by atoms with van der Waals surface area (Å²) in [6.45, 7) is 7.27. The summed E-state index contributed by atoms with van der Waals surface area (Å²) in [4.78, 5) is 23.1. The number of hydrogen-bond donors (Lipinski definition) is 2. The molecule has 0 fully saturated rings. The number of rotatable bonds is 6. The molecule has 100 valence electrons. The first kappa shape index (κ1) is 16.3. The molecule has 1 amide bonds. The second kappa shape index (κ2) is 6.89. The van der Waals surface area contributed by atoms with Crippen molar-refractivity contribution in [1.29, 1.82) is 0 Å². The molecular formula is C12H23NO3S. The molecule has 2 unspecified atom stereocenters. The number of amides is 1. The van der Waals surface area contributed by atoms with E-state index in [9.17, 15) is 9.59 Å². The summed E-state index contributed by atoms with van der Waals surface area (Å²) in [6.07, 6.45) is 2.77. The molecule has 0 aliphatic carbocycles. The Kier molecular flexibility index (Phi) is 6.60. The normalized spacial score (nSPS) is 15.1. The zero-order chi connectivity index (χ0) is 13.6. The maximum Gasteiger partial charge on any atom is 0.316 e. The van der Waals surface area contributed by atoms with E-state index >= 15 is 0 Å². The van der Waals surface area contributed by atoms with Gasteiger partial charge in [0.15, 0.2) is 0 Å². The zero-order valence-electron chi connectivity index (χ0n) is 11.2. The van der Waals surface area contributed by atoms with Crippen LogP contribution in [0.15, 0.2) is 0 Å². The predicted molar refractivity (Wildman–Crippen MR) is 71.2 cm³/mol. The van der Waals surface area contributed by atoms with Crippen LogP contribution in [0.1, 0.15) is 34.1 Å². The van der Waals surface area contributed by atoms with E-state index in [1.165, 1.54) is 0 Å². The Morgan fingerprint density at radius 3 is 2.18 bits per heavy atom. The molecule has 0 bridgehead atoms. The number of carboxylic acid groups (broad SMARTS) is 1. The molecule has 0 aromatic carbocycles. The van der Waals surface area contributed by atoms with Crippen LogP contribution in [0.25, 0.3) is 0 Å². The van der Waals surface area contributed by atoms with Crippen LogP contribution in [-0.2, 0) is 9.59 Å². The smallest absolute Gasteiger partial charge is 0.316 e. The molecule has 0 aromatic rings. The Hall–Kier alpha value is -0.710. The minimum atomic E-state index is -1.06. The van der Waals surface area contributed by atoms with Gasteiger partial charge < -0.3 is 10.4 Å². The van der Waals surface area contributed by atoms with Crippen molar-refractivity contribution in [3.63, 3.8) is 0 Å².